The molecule has 0 aromatic rings. The van der Waals surface area contributed by atoms with Crippen LogP contribution in [0.25, 0.3) is 0 Å². The van der Waals surface area contributed by atoms with Crippen LogP contribution in [0, 0.1) is 0 Å². The van der Waals surface area contributed by atoms with Gasteiger partial charge in [0.15, 0.2) is 0 Å². The van der Waals surface area contributed by atoms with E-state index in [4.69, 9.17) is 0 Å². The maximum absolute atomic E-state index is 9.59. The fraction of sp³-hybridized carbons (Fsp3) is 0.500. The third kappa shape index (κ3) is 3.23. The van der Waals surface area contributed by atoms with Crippen molar-refractivity contribution < 1.29 is 4.79 Å². The first-order chi connectivity index (χ1) is 3.31. The first-order valence-electron chi connectivity index (χ1n) is 2.33. The molecular weight excluding hydrogens is 88.1 g/mol. The molecule has 0 rings (SSSR count). The van der Waals surface area contributed by atoms with E-state index in [2.05, 4.69) is 6.58 Å². The summed E-state index contributed by atoms with van der Waals surface area (Å²) < 4.78 is 0. The highest BCUT2D eigenvalue weighted by atomic mass is 16.1. The first-order valence-corrected chi connectivity index (χ1v) is 2.33. The third-order valence-electron chi connectivity index (χ3n) is 0.822. The summed E-state index contributed by atoms with van der Waals surface area (Å²) >= 11 is 0. The summed E-state index contributed by atoms with van der Waals surface area (Å²) in [7, 11) is 0. The topological polar surface area (TPSA) is 17.1 Å². The Kier molecular flexibility index (Phi) is 3.29. The zero-order chi connectivity index (χ0) is 5.70. The Labute approximate surface area is 44.0 Å². The highest BCUT2D eigenvalue weighted by molar-refractivity contribution is 5.54. The number of rotatable bonds is 3. The minimum atomic E-state index is 0.399. The normalized spacial score (nSPS) is 8.14. The molecule has 1 nitrogen and oxygen atoms in total. The third-order valence-corrected chi connectivity index (χ3v) is 0.822. The van der Waals surface area contributed by atoms with Crippen molar-refractivity contribution in [1.29, 1.82) is 0 Å². The summed E-state index contributed by atoms with van der Waals surface area (Å²) in [6.07, 6.45) is 3.05. The minimum absolute atomic E-state index is 0.399. The van der Waals surface area contributed by atoms with E-state index < -0.39 is 0 Å². The highest BCUT2D eigenvalue weighted by Gasteiger charge is 1.84. The minimum Gasteiger partial charge on any atom is -0.291 e. The van der Waals surface area contributed by atoms with Crippen molar-refractivity contribution in [3.8, 4) is 0 Å². The smallest absolute Gasteiger partial charge is 0.202 e. The van der Waals surface area contributed by atoms with Gasteiger partial charge in [-0.3, -0.25) is 4.79 Å². The van der Waals surface area contributed by atoms with Gasteiger partial charge in [-0.15, -0.1) is 0 Å². The average molecular weight is 97.1 g/mol. The Bertz CT molecular complexity index is 74.2. The summed E-state index contributed by atoms with van der Waals surface area (Å²) in [6.45, 7) is 5.57. The van der Waals surface area contributed by atoms with Crippen LogP contribution >= 0.6 is 0 Å². The van der Waals surface area contributed by atoms with E-state index in [1.807, 2.05) is 6.92 Å². The standard InChI is InChI=1S/C6H9O/c1-3-6(2)4-5-7/h2-4H2,1H3. The Morgan fingerprint density at radius 3 is 2.57 bits per heavy atom. The molecule has 0 atom stereocenters. The van der Waals surface area contributed by atoms with E-state index in [1.54, 1.807) is 6.29 Å². The van der Waals surface area contributed by atoms with Crippen molar-refractivity contribution in [1.82, 2.24) is 0 Å². The lowest BCUT2D eigenvalue weighted by Crippen LogP contribution is -1.76. The second kappa shape index (κ2) is 3.59. The van der Waals surface area contributed by atoms with Crippen LogP contribution in [0.4, 0.5) is 0 Å². The van der Waals surface area contributed by atoms with Gasteiger partial charge < -0.3 is 0 Å². The van der Waals surface area contributed by atoms with Crippen LogP contribution in [-0.2, 0) is 4.79 Å². The van der Waals surface area contributed by atoms with Crippen molar-refractivity contribution in [2.24, 2.45) is 0 Å². The summed E-state index contributed by atoms with van der Waals surface area (Å²) in [5, 5.41) is 0. The summed E-state index contributed by atoms with van der Waals surface area (Å²) in [5.41, 5.74) is 0.954. The lowest BCUT2D eigenvalue weighted by Gasteiger charge is -1.87. The monoisotopic (exact) mass is 97.1 g/mol. The zero-order valence-electron chi connectivity index (χ0n) is 4.53. The van der Waals surface area contributed by atoms with Crippen molar-refractivity contribution in [2.75, 3.05) is 0 Å². The molecule has 0 amide bonds. The molecule has 7 heavy (non-hydrogen) atoms. The van der Waals surface area contributed by atoms with Gasteiger partial charge in [0.25, 0.3) is 0 Å². The maximum atomic E-state index is 9.59. The van der Waals surface area contributed by atoms with E-state index in [0.29, 0.717) is 6.42 Å². The van der Waals surface area contributed by atoms with Crippen molar-refractivity contribution in [3.63, 3.8) is 0 Å². The van der Waals surface area contributed by atoms with Crippen molar-refractivity contribution in [3.05, 3.63) is 12.2 Å². The SMILES string of the molecule is C=C(CC)C[C]=O. The Hall–Kier alpha value is -0.590. The van der Waals surface area contributed by atoms with Gasteiger partial charge in [-0.1, -0.05) is 19.1 Å². The van der Waals surface area contributed by atoms with E-state index >= 15 is 0 Å². The van der Waals surface area contributed by atoms with Gasteiger partial charge in [-0.05, 0) is 6.42 Å². The van der Waals surface area contributed by atoms with E-state index in [9.17, 15) is 4.79 Å². The molecule has 0 N–H and O–H groups in total. The molecule has 0 saturated heterocycles. The molecular formula is C6H9O. The molecule has 1 heteroatoms. The number of hydrogen-bond acceptors (Lipinski definition) is 1. The molecule has 0 saturated carbocycles. The van der Waals surface area contributed by atoms with Gasteiger partial charge in [-0.25, -0.2) is 0 Å². The number of carbonyl (C=O) groups excluding carboxylic acids is 1. The fourth-order valence-corrected chi connectivity index (χ4v) is 0.227. The van der Waals surface area contributed by atoms with Crippen LogP contribution in [0.2, 0.25) is 0 Å². The van der Waals surface area contributed by atoms with Crippen LogP contribution in [0.15, 0.2) is 12.2 Å². The molecule has 0 aliphatic rings. The molecule has 0 aliphatic carbocycles. The van der Waals surface area contributed by atoms with Crippen LogP contribution in [0.1, 0.15) is 19.8 Å². The Balaban J connectivity index is 3.17. The van der Waals surface area contributed by atoms with Gasteiger partial charge in [0.1, 0.15) is 0 Å². The van der Waals surface area contributed by atoms with Crippen LogP contribution in [-0.4, -0.2) is 6.29 Å². The highest BCUT2D eigenvalue weighted by Crippen LogP contribution is 1.97. The van der Waals surface area contributed by atoms with Crippen molar-refractivity contribution >= 4 is 6.29 Å². The molecule has 1 radical (unpaired) electrons. The molecule has 0 aliphatic heterocycles. The molecule has 0 aromatic heterocycles. The quantitative estimate of drug-likeness (QED) is 0.487. The molecule has 0 fully saturated rings. The van der Waals surface area contributed by atoms with Crippen LogP contribution in [0.5, 0.6) is 0 Å². The summed E-state index contributed by atoms with van der Waals surface area (Å²) in [4.78, 5) is 9.59. The van der Waals surface area contributed by atoms with E-state index in [1.165, 1.54) is 0 Å². The predicted octanol–water partition coefficient (Wildman–Crippen LogP) is 1.45. The van der Waals surface area contributed by atoms with E-state index in [-0.39, 0.29) is 0 Å². The van der Waals surface area contributed by atoms with Gasteiger partial charge in [0, 0.05) is 6.42 Å². The lowest BCUT2D eigenvalue weighted by atomic mass is 10.2. The maximum Gasteiger partial charge on any atom is 0.202 e. The summed E-state index contributed by atoms with van der Waals surface area (Å²) in [6, 6.07) is 0. The molecule has 0 bridgehead atoms. The molecule has 0 aromatic carbocycles. The average Bonchev–Trinajstić information content (AvgIpc) is 1.68. The van der Waals surface area contributed by atoms with Gasteiger partial charge in [-0.2, -0.15) is 0 Å². The molecule has 39 valence electrons. The first kappa shape index (κ1) is 6.41. The van der Waals surface area contributed by atoms with Crippen LogP contribution in [0.3, 0.4) is 0 Å². The fourth-order valence-electron chi connectivity index (χ4n) is 0.227. The number of allylic oxidation sites excluding steroid dienone is 1. The molecule has 0 spiro atoms. The van der Waals surface area contributed by atoms with Gasteiger partial charge in [0.2, 0.25) is 6.29 Å². The molecule has 0 heterocycles. The largest absolute Gasteiger partial charge is 0.291 e. The lowest BCUT2D eigenvalue weighted by molar-refractivity contribution is 0.554. The van der Waals surface area contributed by atoms with Crippen LogP contribution < -0.4 is 0 Å². The predicted molar refractivity (Wildman–Crippen MR) is 29.7 cm³/mol. The van der Waals surface area contributed by atoms with E-state index in [0.717, 1.165) is 12.0 Å². The zero-order valence-corrected chi connectivity index (χ0v) is 4.53. The van der Waals surface area contributed by atoms with Gasteiger partial charge in [0.05, 0.1) is 0 Å². The second-order valence-corrected chi connectivity index (χ2v) is 1.42. The van der Waals surface area contributed by atoms with Crippen molar-refractivity contribution in [2.45, 2.75) is 19.8 Å². The molecule has 0 unspecified atom stereocenters. The Morgan fingerprint density at radius 2 is 2.43 bits per heavy atom. The number of hydrogen-bond donors (Lipinski definition) is 0. The summed E-state index contributed by atoms with van der Waals surface area (Å²) in [5.74, 6) is 0. The Morgan fingerprint density at radius 1 is 1.86 bits per heavy atom. The van der Waals surface area contributed by atoms with Gasteiger partial charge >= 0.3 is 0 Å². The second-order valence-electron chi connectivity index (χ2n) is 1.42.